The molecule has 110 valence electrons. The van der Waals surface area contributed by atoms with Crippen molar-refractivity contribution in [3.05, 3.63) is 27.7 Å². The average Bonchev–Trinajstić information content (AvgIpc) is 2.55. The predicted octanol–water partition coefficient (Wildman–Crippen LogP) is 2.95. The van der Waals surface area contributed by atoms with Crippen molar-refractivity contribution >= 4 is 34.8 Å². The Morgan fingerprint density at radius 1 is 1.35 bits per heavy atom. The van der Waals surface area contributed by atoms with Crippen molar-refractivity contribution in [3.8, 4) is 0 Å². The maximum absolute atomic E-state index is 12.5. The second kappa shape index (κ2) is 5.80. The predicted molar refractivity (Wildman–Crippen MR) is 81.3 cm³/mol. The van der Waals surface area contributed by atoms with Gasteiger partial charge in [-0.2, -0.15) is 0 Å². The molecule has 1 amide bonds. The maximum Gasteiger partial charge on any atom is 0.253 e. The van der Waals surface area contributed by atoms with Gasteiger partial charge in [0.05, 0.1) is 21.3 Å². The van der Waals surface area contributed by atoms with E-state index in [0.29, 0.717) is 37.2 Å². The number of carbonyl (C=O) groups excluding carboxylic acids is 1. The standard InChI is InChI=1S/C14H18Cl2N2O2/c1-14(20)3-2-5-18(6-4-14)13(19)9-7-10(15)12(16)11(17)8-9/h7-8,20H,2-6,17H2,1H3. The number of carbonyl (C=O) groups is 1. The van der Waals surface area contributed by atoms with Gasteiger partial charge in [-0.3, -0.25) is 4.79 Å². The van der Waals surface area contributed by atoms with Crippen molar-refractivity contribution in [1.82, 2.24) is 4.90 Å². The second-order valence-electron chi connectivity index (χ2n) is 5.50. The van der Waals surface area contributed by atoms with Crippen LogP contribution in [0.5, 0.6) is 0 Å². The van der Waals surface area contributed by atoms with E-state index >= 15 is 0 Å². The van der Waals surface area contributed by atoms with Crippen LogP contribution in [0.3, 0.4) is 0 Å². The summed E-state index contributed by atoms with van der Waals surface area (Å²) in [6.45, 7) is 2.94. The number of hydrogen-bond donors (Lipinski definition) is 2. The monoisotopic (exact) mass is 316 g/mol. The van der Waals surface area contributed by atoms with Crippen molar-refractivity contribution in [3.63, 3.8) is 0 Å². The first kappa shape index (κ1) is 15.4. The van der Waals surface area contributed by atoms with Gasteiger partial charge in [0.25, 0.3) is 5.91 Å². The lowest BCUT2D eigenvalue weighted by Gasteiger charge is -2.23. The molecule has 0 radical (unpaired) electrons. The van der Waals surface area contributed by atoms with E-state index in [1.807, 2.05) is 0 Å². The summed E-state index contributed by atoms with van der Waals surface area (Å²) >= 11 is 11.8. The van der Waals surface area contributed by atoms with Gasteiger partial charge in [-0.1, -0.05) is 23.2 Å². The SMILES string of the molecule is CC1(O)CCCN(C(=O)c2cc(N)c(Cl)c(Cl)c2)CC1. The lowest BCUT2D eigenvalue weighted by molar-refractivity contribution is 0.0438. The first-order valence-electron chi connectivity index (χ1n) is 6.56. The van der Waals surface area contributed by atoms with Crippen LogP contribution in [-0.4, -0.2) is 34.6 Å². The fourth-order valence-corrected chi connectivity index (χ4v) is 2.72. The zero-order valence-corrected chi connectivity index (χ0v) is 12.8. The average molecular weight is 317 g/mol. The molecule has 20 heavy (non-hydrogen) atoms. The van der Waals surface area contributed by atoms with Crippen LogP contribution in [-0.2, 0) is 0 Å². The highest BCUT2D eigenvalue weighted by molar-refractivity contribution is 6.43. The van der Waals surface area contributed by atoms with Gasteiger partial charge < -0.3 is 15.7 Å². The number of likely N-dealkylation sites (tertiary alicyclic amines) is 1. The first-order valence-corrected chi connectivity index (χ1v) is 7.32. The van der Waals surface area contributed by atoms with Crippen LogP contribution in [0.15, 0.2) is 12.1 Å². The summed E-state index contributed by atoms with van der Waals surface area (Å²) in [4.78, 5) is 14.2. The number of hydrogen-bond acceptors (Lipinski definition) is 3. The maximum atomic E-state index is 12.5. The van der Waals surface area contributed by atoms with E-state index in [2.05, 4.69) is 0 Å². The smallest absolute Gasteiger partial charge is 0.253 e. The molecular weight excluding hydrogens is 299 g/mol. The van der Waals surface area contributed by atoms with Crippen molar-refractivity contribution in [1.29, 1.82) is 0 Å². The molecule has 1 atom stereocenters. The zero-order valence-electron chi connectivity index (χ0n) is 11.3. The Hall–Kier alpha value is -0.970. The van der Waals surface area contributed by atoms with E-state index in [4.69, 9.17) is 28.9 Å². The highest BCUT2D eigenvalue weighted by Crippen LogP contribution is 2.30. The molecule has 1 aliphatic heterocycles. The minimum Gasteiger partial charge on any atom is -0.397 e. The van der Waals surface area contributed by atoms with E-state index < -0.39 is 5.60 Å². The Balaban J connectivity index is 2.19. The third-order valence-electron chi connectivity index (χ3n) is 3.65. The number of nitrogens with zero attached hydrogens (tertiary/aromatic N) is 1. The van der Waals surface area contributed by atoms with Gasteiger partial charge in [-0.05, 0) is 38.3 Å². The Morgan fingerprint density at radius 3 is 2.70 bits per heavy atom. The Bertz CT molecular complexity index is 509. The van der Waals surface area contributed by atoms with Crippen LogP contribution >= 0.6 is 23.2 Å². The number of benzene rings is 1. The molecule has 3 N–H and O–H groups in total. The third-order valence-corrected chi connectivity index (χ3v) is 4.47. The van der Waals surface area contributed by atoms with Gasteiger partial charge in [-0.15, -0.1) is 0 Å². The molecule has 0 spiro atoms. The second-order valence-corrected chi connectivity index (χ2v) is 6.29. The summed E-state index contributed by atoms with van der Waals surface area (Å²) in [6, 6.07) is 3.07. The quantitative estimate of drug-likeness (QED) is 0.783. The Kier molecular flexibility index (Phi) is 4.47. The summed E-state index contributed by atoms with van der Waals surface area (Å²) in [7, 11) is 0. The van der Waals surface area contributed by atoms with E-state index in [1.54, 1.807) is 17.9 Å². The molecule has 1 saturated heterocycles. The number of aliphatic hydroxyl groups is 1. The van der Waals surface area contributed by atoms with Crippen LogP contribution in [0.2, 0.25) is 10.0 Å². The number of amides is 1. The Morgan fingerprint density at radius 2 is 2.05 bits per heavy atom. The van der Waals surface area contributed by atoms with E-state index in [0.717, 1.165) is 6.42 Å². The topological polar surface area (TPSA) is 66.6 Å². The summed E-state index contributed by atoms with van der Waals surface area (Å²) in [5.41, 5.74) is 5.76. The molecule has 1 heterocycles. The van der Waals surface area contributed by atoms with Crippen LogP contribution < -0.4 is 5.73 Å². The number of anilines is 1. The fourth-order valence-electron chi connectivity index (χ4n) is 2.38. The van der Waals surface area contributed by atoms with E-state index in [-0.39, 0.29) is 16.0 Å². The number of halogens is 2. The zero-order chi connectivity index (χ0) is 14.9. The summed E-state index contributed by atoms with van der Waals surface area (Å²) in [5.74, 6) is -0.132. The number of nitrogen functional groups attached to an aromatic ring is 1. The van der Waals surface area contributed by atoms with Gasteiger partial charge in [0.1, 0.15) is 0 Å². The molecule has 1 aromatic rings. The van der Waals surface area contributed by atoms with E-state index in [1.165, 1.54) is 6.07 Å². The van der Waals surface area contributed by atoms with Crippen molar-refractivity contribution in [2.45, 2.75) is 31.8 Å². The van der Waals surface area contributed by atoms with Gasteiger partial charge >= 0.3 is 0 Å². The van der Waals surface area contributed by atoms with Gasteiger partial charge in [-0.25, -0.2) is 0 Å². The highest BCUT2D eigenvalue weighted by Gasteiger charge is 2.27. The van der Waals surface area contributed by atoms with Crippen molar-refractivity contribution in [2.24, 2.45) is 0 Å². The Labute approximate surface area is 128 Å². The van der Waals surface area contributed by atoms with Gasteiger partial charge in [0, 0.05) is 18.7 Å². The summed E-state index contributed by atoms with van der Waals surface area (Å²) in [5, 5.41) is 10.6. The molecule has 1 aliphatic rings. The molecule has 6 heteroatoms. The molecule has 0 bridgehead atoms. The summed E-state index contributed by atoms with van der Waals surface area (Å²) < 4.78 is 0. The largest absolute Gasteiger partial charge is 0.397 e. The first-order chi connectivity index (χ1) is 9.30. The molecule has 0 saturated carbocycles. The highest BCUT2D eigenvalue weighted by atomic mass is 35.5. The molecule has 4 nitrogen and oxygen atoms in total. The van der Waals surface area contributed by atoms with Crippen LogP contribution in [0.1, 0.15) is 36.5 Å². The van der Waals surface area contributed by atoms with Crippen molar-refractivity contribution < 1.29 is 9.90 Å². The normalized spacial score (nSPS) is 23.5. The van der Waals surface area contributed by atoms with Gasteiger partial charge in [0.15, 0.2) is 0 Å². The molecule has 1 fully saturated rings. The minimum atomic E-state index is -0.703. The van der Waals surface area contributed by atoms with Crippen LogP contribution in [0.25, 0.3) is 0 Å². The molecule has 2 rings (SSSR count). The molecule has 1 unspecified atom stereocenters. The number of nitrogens with two attached hydrogens (primary N) is 1. The van der Waals surface area contributed by atoms with E-state index in [9.17, 15) is 9.90 Å². The lowest BCUT2D eigenvalue weighted by Crippen LogP contribution is -2.33. The lowest BCUT2D eigenvalue weighted by atomic mass is 9.98. The minimum absolute atomic E-state index is 0.132. The van der Waals surface area contributed by atoms with Crippen LogP contribution in [0.4, 0.5) is 5.69 Å². The fraction of sp³-hybridized carbons (Fsp3) is 0.500. The van der Waals surface area contributed by atoms with Crippen LogP contribution in [0, 0.1) is 0 Å². The van der Waals surface area contributed by atoms with Crippen molar-refractivity contribution in [2.75, 3.05) is 18.8 Å². The van der Waals surface area contributed by atoms with Gasteiger partial charge in [0.2, 0.25) is 0 Å². The summed E-state index contributed by atoms with van der Waals surface area (Å²) in [6.07, 6.45) is 2.03. The molecule has 0 aliphatic carbocycles. The third kappa shape index (κ3) is 3.37. The molecule has 1 aromatic carbocycles. The number of rotatable bonds is 1. The molecule has 0 aromatic heterocycles. The molecular formula is C14H18Cl2N2O2.